The maximum absolute atomic E-state index is 12.9. The molecule has 0 radical (unpaired) electrons. The Labute approximate surface area is 395 Å². The molecule has 2 aliphatic rings. The number of aliphatic hydroxyl groups is 7. The van der Waals surface area contributed by atoms with Crippen LogP contribution >= 0.6 is 0 Å². The van der Waals surface area contributed by atoms with Gasteiger partial charge in [0.2, 0.25) is 0 Å². The van der Waals surface area contributed by atoms with Gasteiger partial charge in [-0.15, -0.1) is 0 Å². The van der Waals surface area contributed by atoms with Crippen molar-refractivity contribution in [3.8, 4) is 0 Å². The van der Waals surface area contributed by atoms with Crippen molar-refractivity contribution in [1.82, 2.24) is 0 Å². The molecule has 0 spiro atoms. The minimum atomic E-state index is -1.79. The van der Waals surface area contributed by atoms with Crippen LogP contribution in [0.25, 0.3) is 0 Å². The van der Waals surface area contributed by atoms with Crippen LogP contribution in [0.4, 0.5) is 0 Å². The molecule has 11 atom stereocenters. The monoisotopic (exact) mass is 941 g/mol. The fourth-order valence-corrected chi connectivity index (χ4v) is 7.80. The Hall–Kier alpha value is -2.54. The molecule has 382 valence electrons. The van der Waals surface area contributed by atoms with Gasteiger partial charge in [-0.25, -0.2) is 9.59 Å². The number of rotatable bonds is 38. The van der Waals surface area contributed by atoms with Gasteiger partial charge in [0.1, 0.15) is 55.4 Å². The standard InChI is InChI=1S/C51H88O15/c1-3-5-7-9-11-13-15-17-19-21-23-25-27-29-31-33-42(53)61-36-39(64-43(54)34-32-30-28-26-24-22-20-18-16-14-12-10-8-6-4-2)37-62-50-49(60)47(58)45(56)41(66-50)38-63-51-48(59)46(57)44(55)40(35-52)65-51/h27-34,39-41,44-52,55-60H,3-26,35-38H2,1-2H3/b29-27+,30-28+,33-31+,34-32+/t39-,40-,41-,44+,45+,46?,47?,48?,49?,50-,51-/m1/s1. The molecule has 15 nitrogen and oxygen atoms in total. The molecule has 0 saturated carbocycles. The van der Waals surface area contributed by atoms with Gasteiger partial charge < -0.3 is 64.2 Å². The Morgan fingerprint density at radius 1 is 0.485 bits per heavy atom. The predicted octanol–water partition coefficient (Wildman–Crippen LogP) is 6.71. The Kier molecular flexibility index (Phi) is 34.6. The third kappa shape index (κ3) is 26.3. The molecule has 2 aliphatic heterocycles. The summed E-state index contributed by atoms with van der Waals surface area (Å²) >= 11 is 0. The minimum absolute atomic E-state index is 0.419. The molecule has 2 rings (SSSR count). The van der Waals surface area contributed by atoms with Gasteiger partial charge >= 0.3 is 11.9 Å². The van der Waals surface area contributed by atoms with Crippen molar-refractivity contribution >= 4 is 11.9 Å². The minimum Gasteiger partial charge on any atom is -0.458 e. The van der Waals surface area contributed by atoms with E-state index in [1.807, 2.05) is 12.2 Å². The van der Waals surface area contributed by atoms with Crippen LogP contribution in [0.3, 0.4) is 0 Å². The zero-order valence-corrected chi connectivity index (χ0v) is 40.2. The van der Waals surface area contributed by atoms with Crippen LogP contribution in [0.5, 0.6) is 0 Å². The Bertz CT molecular complexity index is 1340. The Balaban J connectivity index is 1.89. The summed E-state index contributed by atoms with van der Waals surface area (Å²) < 4.78 is 33.1. The average Bonchev–Trinajstić information content (AvgIpc) is 3.31. The van der Waals surface area contributed by atoms with Gasteiger partial charge in [0.25, 0.3) is 0 Å². The van der Waals surface area contributed by atoms with Gasteiger partial charge in [0.15, 0.2) is 18.7 Å². The summed E-state index contributed by atoms with van der Waals surface area (Å²) in [7, 11) is 0. The summed E-state index contributed by atoms with van der Waals surface area (Å²) in [6.45, 7) is 2.35. The van der Waals surface area contributed by atoms with Gasteiger partial charge in [-0.05, 0) is 25.7 Å². The first-order chi connectivity index (χ1) is 32.0. The molecule has 0 aliphatic carbocycles. The van der Waals surface area contributed by atoms with E-state index in [1.165, 1.54) is 128 Å². The normalized spacial score (nSPS) is 26.6. The number of hydrogen-bond donors (Lipinski definition) is 7. The number of aliphatic hydroxyl groups excluding tert-OH is 7. The number of hydrogen-bond acceptors (Lipinski definition) is 15. The number of unbranched alkanes of at least 4 members (excludes halogenated alkanes) is 22. The summed E-state index contributed by atoms with van der Waals surface area (Å²) in [5, 5.41) is 71.9. The van der Waals surface area contributed by atoms with Crippen molar-refractivity contribution in [2.45, 2.75) is 235 Å². The van der Waals surface area contributed by atoms with Gasteiger partial charge in [0.05, 0.1) is 19.8 Å². The maximum Gasteiger partial charge on any atom is 0.331 e. The lowest BCUT2D eigenvalue weighted by Crippen LogP contribution is -2.61. The SMILES string of the molecule is CCCCCCCCCCCCC/C=C/C=C/C(=O)OC[C@H](CO[C@@H]1O[C@H](CO[C@@H]2O[C@H](CO)[C@H](O)C(O)C2O)[C@H](O)C(O)C1O)OC(=O)/C=C/C=C/CCCCCCCCCCCCC. The highest BCUT2D eigenvalue weighted by atomic mass is 16.7. The highest BCUT2D eigenvalue weighted by molar-refractivity contribution is 5.83. The van der Waals surface area contributed by atoms with E-state index in [-0.39, 0.29) is 0 Å². The van der Waals surface area contributed by atoms with Crippen LogP contribution in [-0.2, 0) is 38.0 Å². The van der Waals surface area contributed by atoms with Crippen LogP contribution in [-0.4, -0.2) is 142 Å². The van der Waals surface area contributed by atoms with Crippen molar-refractivity contribution in [2.75, 3.05) is 26.4 Å². The highest BCUT2D eigenvalue weighted by Gasteiger charge is 2.47. The van der Waals surface area contributed by atoms with Crippen LogP contribution in [0.15, 0.2) is 48.6 Å². The number of carbonyl (C=O) groups is 2. The van der Waals surface area contributed by atoms with Crippen LogP contribution in [0.2, 0.25) is 0 Å². The highest BCUT2D eigenvalue weighted by Crippen LogP contribution is 2.26. The predicted molar refractivity (Wildman–Crippen MR) is 252 cm³/mol. The maximum atomic E-state index is 12.9. The third-order valence-electron chi connectivity index (χ3n) is 12.0. The van der Waals surface area contributed by atoms with Gasteiger partial charge in [-0.2, -0.15) is 0 Å². The summed E-state index contributed by atoms with van der Waals surface area (Å²) in [6, 6.07) is 0. The Morgan fingerprint density at radius 3 is 1.36 bits per heavy atom. The lowest BCUT2D eigenvalue weighted by Gasteiger charge is -2.42. The van der Waals surface area contributed by atoms with Crippen molar-refractivity contribution < 1.29 is 73.8 Å². The van der Waals surface area contributed by atoms with Crippen LogP contribution in [0, 0.1) is 0 Å². The first-order valence-corrected chi connectivity index (χ1v) is 25.3. The summed E-state index contributed by atoms with van der Waals surface area (Å²) in [5.41, 5.74) is 0. The van der Waals surface area contributed by atoms with E-state index in [2.05, 4.69) is 13.8 Å². The van der Waals surface area contributed by atoms with Crippen LogP contribution in [0.1, 0.15) is 168 Å². The lowest BCUT2D eigenvalue weighted by atomic mass is 9.98. The van der Waals surface area contributed by atoms with Gasteiger partial charge in [-0.1, -0.05) is 179 Å². The largest absolute Gasteiger partial charge is 0.458 e. The third-order valence-corrected chi connectivity index (χ3v) is 12.0. The van der Waals surface area contributed by atoms with E-state index in [4.69, 9.17) is 28.4 Å². The quantitative estimate of drug-likeness (QED) is 0.0148. The van der Waals surface area contributed by atoms with E-state index in [1.54, 1.807) is 24.3 Å². The van der Waals surface area contributed by atoms with Crippen molar-refractivity contribution in [1.29, 1.82) is 0 Å². The second-order valence-corrected chi connectivity index (χ2v) is 17.8. The molecule has 0 aromatic carbocycles. The molecule has 0 amide bonds. The molecular weight excluding hydrogens is 853 g/mol. The smallest absolute Gasteiger partial charge is 0.331 e. The van der Waals surface area contributed by atoms with Crippen molar-refractivity contribution in [2.24, 2.45) is 0 Å². The lowest BCUT2D eigenvalue weighted by molar-refractivity contribution is -0.332. The number of allylic oxidation sites excluding steroid dienone is 6. The van der Waals surface area contributed by atoms with E-state index in [0.29, 0.717) is 0 Å². The van der Waals surface area contributed by atoms with E-state index in [0.717, 1.165) is 38.5 Å². The van der Waals surface area contributed by atoms with Gasteiger partial charge in [-0.3, -0.25) is 0 Å². The molecular formula is C51H88O15. The molecule has 0 bridgehead atoms. The molecule has 0 aromatic heterocycles. The van der Waals surface area contributed by atoms with Crippen LogP contribution < -0.4 is 0 Å². The molecule has 2 heterocycles. The molecule has 2 saturated heterocycles. The second-order valence-electron chi connectivity index (χ2n) is 17.8. The number of esters is 2. The fraction of sp³-hybridized carbons (Fsp3) is 0.804. The Morgan fingerprint density at radius 2 is 0.894 bits per heavy atom. The summed E-state index contributed by atoms with van der Waals surface area (Å²) in [6.07, 6.45) is 25.5. The van der Waals surface area contributed by atoms with E-state index in [9.17, 15) is 45.3 Å². The van der Waals surface area contributed by atoms with E-state index < -0.39 is 106 Å². The topological polar surface area (TPSA) is 231 Å². The second kappa shape index (κ2) is 38.3. The average molecular weight is 941 g/mol. The zero-order valence-electron chi connectivity index (χ0n) is 40.2. The van der Waals surface area contributed by atoms with E-state index >= 15 is 0 Å². The number of ether oxygens (including phenoxy) is 6. The first kappa shape index (κ1) is 59.6. The summed E-state index contributed by atoms with van der Waals surface area (Å²) in [5.74, 6) is -1.43. The van der Waals surface area contributed by atoms with Crippen molar-refractivity contribution in [3.05, 3.63) is 48.6 Å². The zero-order chi connectivity index (χ0) is 48.2. The molecule has 4 unspecified atom stereocenters. The molecule has 7 N–H and O–H groups in total. The molecule has 2 fully saturated rings. The molecule has 66 heavy (non-hydrogen) atoms. The van der Waals surface area contributed by atoms with Gasteiger partial charge in [0, 0.05) is 12.2 Å². The first-order valence-electron chi connectivity index (χ1n) is 25.3. The fourth-order valence-electron chi connectivity index (χ4n) is 7.80. The van der Waals surface area contributed by atoms with Crippen molar-refractivity contribution in [3.63, 3.8) is 0 Å². The molecule has 15 heteroatoms. The number of carbonyl (C=O) groups excluding carboxylic acids is 2. The summed E-state index contributed by atoms with van der Waals surface area (Å²) in [4.78, 5) is 25.5. The molecule has 0 aromatic rings.